The fourth-order valence-corrected chi connectivity index (χ4v) is 2.32. The lowest BCUT2D eigenvalue weighted by Crippen LogP contribution is -2.39. The predicted molar refractivity (Wildman–Crippen MR) is 59.2 cm³/mol. The molecule has 0 aromatic heterocycles. The molecule has 1 aliphatic rings. The van der Waals surface area contributed by atoms with Crippen LogP contribution in [0.5, 0.6) is 0 Å². The van der Waals surface area contributed by atoms with Crippen molar-refractivity contribution in [2.75, 3.05) is 19.6 Å². The van der Waals surface area contributed by atoms with Crippen LogP contribution < -0.4 is 11.1 Å². The van der Waals surface area contributed by atoms with Crippen LogP contribution in [0.2, 0.25) is 0 Å². The van der Waals surface area contributed by atoms with Gasteiger partial charge in [-0.15, -0.1) is 0 Å². The highest BCUT2D eigenvalue weighted by Gasteiger charge is 2.24. The van der Waals surface area contributed by atoms with Crippen LogP contribution >= 0.6 is 0 Å². The van der Waals surface area contributed by atoms with E-state index in [-0.39, 0.29) is 5.82 Å². The molecule has 0 bridgehead atoms. The van der Waals surface area contributed by atoms with Crippen LogP contribution in [0.3, 0.4) is 0 Å². The van der Waals surface area contributed by atoms with E-state index < -0.39 is 0 Å². The second-order valence-electron chi connectivity index (χ2n) is 4.15. The average molecular weight is 208 g/mol. The molecule has 2 nitrogen and oxygen atoms in total. The molecule has 1 heterocycles. The van der Waals surface area contributed by atoms with Gasteiger partial charge in [-0.2, -0.15) is 0 Å². The van der Waals surface area contributed by atoms with Crippen molar-refractivity contribution in [3.63, 3.8) is 0 Å². The molecule has 0 amide bonds. The van der Waals surface area contributed by atoms with Crippen LogP contribution in [-0.4, -0.2) is 19.6 Å². The molecule has 3 heteroatoms. The summed E-state index contributed by atoms with van der Waals surface area (Å²) in [6.45, 7) is 2.69. The summed E-state index contributed by atoms with van der Waals surface area (Å²) in [6, 6.07) is 6.83. The Bertz CT molecular complexity index is 310. The lowest BCUT2D eigenvalue weighted by Gasteiger charge is -2.31. The molecule has 82 valence electrons. The molecule has 0 saturated carbocycles. The first-order chi connectivity index (χ1) is 7.31. The molecular formula is C12H17FN2. The minimum Gasteiger partial charge on any atom is -0.330 e. The van der Waals surface area contributed by atoms with Gasteiger partial charge < -0.3 is 11.1 Å². The van der Waals surface area contributed by atoms with Crippen molar-refractivity contribution in [3.8, 4) is 0 Å². The number of nitrogens with one attached hydrogen (secondary N) is 1. The number of hydrogen-bond acceptors (Lipinski definition) is 2. The molecule has 0 radical (unpaired) electrons. The Morgan fingerprint density at radius 3 is 2.73 bits per heavy atom. The first-order valence-electron chi connectivity index (χ1n) is 5.47. The van der Waals surface area contributed by atoms with Crippen LogP contribution in [0, 0.1) is 11.7 Å². The van der Waals surface area contributed by atoms with Crippen LogP contribution in [-0.2, 0) is 0 Å². The first kappa shape index (κ1) is 10.6. The maximum atomic E-state index is 12.8. The van der Waals surface area contributed by atoms with E-state index in [4.69, 9.17) is 5.73 Å². The molecule has 1 aromatic carbocycles. The van der Waals surface area contributed by atoms with E-state index in [1.54, 1.807) is 0 Å². The molecule has 2 rings (SSSR count). The Morgan fingerprint density at radius 2 is 2.07 bits per heavy atom. The SMILES string of the molecule is NC[C@@H]1CNCC[C@@H]1c1ccc(F)cc1. The number of piperidine rings is 1. The molecule has 0 spiro atoms. The summed E-state index contributed by atoms with van der Waals surface area (Å²) in [6.07, 6.45) is 1.09. The summed E-state index contributed by atoms with van der Waals surface area (Å²) in [5.74, 6) is 0.790. The van der Waals surface area contributed by atoms with Gasteiger partial charge >= 0.3 is 0 Å². The van der Waals surface area contributed by atoms with Crippen LogP contribution in [0.25, 0.3) is 0 Å². The van der Waals surface area contributed by atoms with E-state index in [1.165, 1.54) is 17.7 Å². The summed E-state index contributed by atoms with van der Waals surface area (Å²) in [7, 11) is 0. The van der Waals surface area contributed by atoms with Crippen molar-refractivity contribution in [1.82, 2.24) is 5.32 Å². The molecule has 2 atom stereocenters. The Kier molecular flexibility index (Phi) is 3.34. The van der Waals surface area contributed by atoms with Crippen LogP contribution in [0.4, 0.5) is 4.39 Å². The average Bonchev–Trinajstić information content (AvgIpc) is 2.30. The van der Waals surface area contributed by atoms with Crippen molar-refractivity contribution in [3.05, 3.63) is 35.6 Å². The van der Waals surface area contributed by atoms with Gasteiger partial charge in [-0.05, 0) is 55.6 Å². The normalized spacial score (nSPS) is 26.5. The van der Waals surface area contributed by atoms with Gasteiger partial charge in [-0.3, -0.25) is 0 Å². The Morgan fingerprint density at radius 1 is 1.33 bits per heavy atom. The van der Waals surface area contributed by atoms with Gasteiger partial charge in [0, 0.05) is 0 Å². The highest BCUT2D eigenvalue weighted by molar-refractivity contribution is 5.22. The van der Waals surface area contributed by atoms with E-state index in [1.807, 2.05) is 12.1 Å². The quantitative estimate of drug-likeness (QED) is 0.772. The minimum absolute atomic E-state index is 0.169. The summed E-state index contributed by atoms with van der Waals surface area (Å²) < 4.78 is 12.8. The van der Waals surface area contributed by atoms with Gasteiger partial charge in [0.25, 0.3) is 0 Å². The molecule has 1 saturated heterocycles. The fraction of sp³-hybridized carbons (Fsp3) is 0.500. The van der Waals surface area contributed by atoms with E-state index in [0.29, 0.717) is 18.4 Å². The Hall–Kier alpha value is -0.930. The summed E-state index contributed by atoms with van der Waals surface area (Å²) in [5.41, 5.74) is 6.96. The molecule has 15 heavy (non-hydrogen) atoms. The van der Waals surface area contributed by atoms with Gasteiger partial charge in [0.2, 0.25) is 0 Å². The maximum Gasteiger partial charge on any atom is 0.123 e. The van der Waals surface area contributed by atoms with Crippen molar-refractivity contribution in [2.45, 2.75) is 12.3 Å². The van der Waals surface area contributed by atoms with Gasteiger partial charge in [0.05, 0.1) is 0 Å². The van der Waals surface area contributed by atoms with E-state index in [2.05, 4.69) is 5.32 Å². The van der Waals surface area contributed by atoms with Crippen molar-refractivity contribution in [2.24, 2.45) is 11.7 Å². The molecule has 1 fully saturated rings. The Balaban J connectivity index is 2.16. The topological polar surface area (TPSA) is 38.0 Å². The number of rotatable bonds is 2. The standard InChI is InChI=1S/C12H17FN2/c13-11-3-1-9(2-4-11)12-5-6-15-8-10(12)7-14/h1-4,10,12,15H,5-8,14H2/t10-,12-/m1/s1. The predicted octanol–water partition coefficient (Wildman–Crippen LogP) is 1.48. The van der Waals surface area contributed by atoms with Gasteiger partial charge in [0.1, 0.15) is 5.82 Å². The van der Waals surface area contributed by atoms with E-state index in [9.17, 15) is 4.39 Å². The van der Waals surface area contributed by atoms with Crippen molar-refractivity contribution < 1.29 is 4.39 Å². The third-order valence-electron chi connectivity index (χ3n) is 3.21. The number of halogens is 1. The summed E-state index contributed by atoms with van der Waals surface area (Å²) >= 11 is 0. The van der Waals surface area contributed by atoms with Gasteiger partial charge in [0.15, 0.2) is 0 Å². The van der Waals surface area contributed by atoms with Crippen LogP contribution in [0.15, 0.2) is 24.3 Å². The second kappa shape index (κ2) is 4.73. The van der Waals surface area contributed by atoms with Crippen molar-refractivity contribution in [1.29, 1.82) is 0 Å². The van der Waals surface area contributed by atoms with Crippen LogP contribution in [0.1, 0.15) is 17.9 Å². The molecular weight excluding hydrogens is 191 g/mol. The summed E-state index contributed by atoms with van der Waals surface area (Å²) in [5, 5.41) is 3.34. The fourth-order valence-electron chi connectivity index (χ4n) is 2.32. The zero-order valence-corrected chi connectivity index (χ0v) is 8.75. The zero-order valence-electron chi connectivity index (χ0n) is 8.75. The Labute approximate surface area is 89.7 Å². The largest absolute Gasteiger partial charge is 0.330 e. The lowest BCUT2D eigenvalue weighted by molar-refractivity contribution is 0.333. The molecule has 0 aliphatic carbocycles. The monoisotopic (exact) mass is 208 g/mol. The lowest BCUT2D eigenvalue weighted by atomic mass is 9.81. The number of nitrogens with two attached hydrogens (primary N) is 1. The van der Waals surface area contributed by atoms with Crippen molar-refractivity contribution >= 4 is 0 Å². The second-order valence-corrected chi connectivity index (χ2v) is 4.15. The number of hydrogen-bond donors (Lipinski definition) is 2. The molecule has 1 aliphatic heterocycles. The highest BCUT2D eigenvalue weighted by atomic mass is 19.1. The zero-order chi connectivity index (χ0) is 10.7. The molecule has 3 N–H and O–H groups in total. The van der Waals surface area contributed by atoms with Gasteiger partial charge in [-0.25, -0.2) is 4.39 Å². The third kappa shape index (κ3) is 2.36. The first-order valence-corrected chi connectivity index (χ1v) is 5.47. The molecule has 0 unspecified atom stereocenters. The highest BCUT2D eigenvalue weighted by Crippen LogP contribution is 2.29. The summed E-state index contributed by atoms with van der Waals surface area (Å²) in [4.78, 5) is 0. The smallest absolute Gasteiger partial charge is 0.123 e. The maximum absolute atomic E-state index is 12.8. The van der Waals surface area contributed by atoms with E-state index >= 15 is 0 Å². The third-order valence-corrected chi connectivity index (χ3v) is 3.21. The molecule has 1 aromatic rings. The van der Waals surface area contributed by atoms with Gasteiger partial charge in [-0.1, -0.05) is 12.1 Å². The minimum atomic E-state index is -0.169. The van der Waals surface area contributed by atoms with E-state index in [0.717, 1.165) is 19.5 Å². The number of benzene rings is 1.